The van der Waals surface area contributed by atoms with Gasteiger partial charge in [0.15, 0.2) is 5.65 Å². The van der Waals surface area contributed by atoms with E-state index in [0.29, 0.717) is 36.0 Å². The normalized spacial score (nSPS) is 16.3. The number of hydrogen-bond donors (Lipinski definition) is 2. The fourth-order valence-corrected chi connectivity index (χ4v) is 5.04. The summed E-state index contributed by atoms with van der Waals surface area (Å²) in [5.74, 6) is 0.586. The summed E-state index contributed by atoms with van der Waals surface area (Å²) in [6, 6.07) is 18.8. The molecule has 8 nitrogen and oxygen atoms in total. The van der Waals surface area contributed by atoms with Crippen molar-refractivity contribution in [3.05, 3.63) is 86.6 Å². The summed E-state index contributed by atoms with van der Waals surface area (Å²) in [7, 11) is 1.53. The fourth-order valence-electron chi connectivity index (χ4n) is 5.04. The molecule has 3 heterocycles. The minimum Gasteiger partial charge on any atom is -0.340 e. The van der Waals surface area contributed by atoms with Gasteiger partial charge in [-0.2, -0.15) is 5.10 Å². The fraction of sp³-hybridized carbons (Fsp3) is 0.414. The lowest BCUT2D eigenvalue weighted by Crippen LogP contribution is -2.40. The van der Waals surface area contributed by atoms with E-state index < -0.39 is 0 Å². The van der Waals surface area contributed by atoms with Gasteiger partial charge in [-0.15, -0.1) is 0 Å². The molecule has 194 valence electrons. The highest BCUT2D eigenvalue weighted by Crippen LogP contribution is 2.27. The molecule has 1 atom stereocenters. The Morgan fingerprint density at radius 1 is 1.03 bits per heavy atom. The molecule has 0 amide bonds. The summed E-state index contributed by atoms with van der Waals surface area (Å²) < 4.78 is 4.62. The van der Waals surface area contributed by atoms with Gasteiger partial charge in [-0.3, -0.25) is 13.9 Å². The van der Waals surface area contributed by atoms with Crippen LogP contribution in [-0.2, 0) is 20.1 Å². The summed E-state index contributed by atoms with van der Waals surface area (Å²) in [6.45, 7) is 8.18. The molecular weight excluding hydrogens is 464 g/mol. The third kappa shape index (κ3) is 5.25. The van der Waals surface area contributed by atoms with Crippen molar-refractivity contribution < 1.29 is 0 Å². The van der Waals surface area contributed by atoms with Crippen molar-refractivity contribution in [2.45, 2.75) is 59.2 Å². The molecule has 1 aliphatic heterocycles. The number of hydrogen-bond acceptors (Lipinski definition) is 5. The third-order valence-corrected chi connectivity index (χ3v) is 6.92. The number of fused-ring (bicyclic) bond motifs is 1. The maximum Gasteiger partial charge on any atom is 0.332 e. The highest BCUT2D eigenvalue weighted by atomic mass is 16.2. The van der Waals surface area contributed by atoms with Crippen molar-refractivity contribution in [1.82, 2.24) is 24.2 Å². The maximum absolute atomic E-state index is 13.4. The summed E-state index contributed by atoms with van der Waals surface area (Å²) in [5.41, 5.74) is 2.74. The van der Waals surface area contributed by atoms with Gasteiger partial charge >= 0.3 is 5.69 Å². The number of nitrogens with one attached hydrogen (secondary N) is 2. The number of para-hydroxylation sites is 1. The van der Waals surface area contributed by atoms with E-state index in [9.17, 15) is 9.59 Å². The van der Waals surface area contributed by atoms with Crippen LogP contribution in [0, 0.1) is 5.41 Å². The van der Waals surface area contributed by atoms with Crippen LogP contribution in [0.25, 0.3) is 11.0 Å². The predicted octanol–water partition coefficient (Wildman–Crippen LogP) is 4.55. The van der Waals surface area contributed by atoms with E-state index in [4.69, 9.17) is 5.10 Å². The summed E-state index contributed by atoms with van der Waals surface area (Å²) in [4.78, 5) is 26.6. The molecular formula is C29H36N6O2. The molecule has 2 aromatic heterocycles. The maximum atomic E-state index is 13.4. The Morgan fingerprint density at radius 3 is 2.41 bits per heavy atom. The quantitative estimate of drug-likeness (QED) is 0.406. The van der Waals surface area contributed by atoms with Gasteiger partial charge in [0, 0.05) is 25.3 Å². The largest absolute Gasteiger partial charge is 0.340 e. The molecule has 1 aliphatic rings. The summed E-state index contributed by atoms with van der Waals surface area (Å²) in [6.07, 6.45) is 3.64. The Kier molecular flexibility index (Phi) is 6.77. The predicted molar refractivity (Wildman–Crippen MR) is 149 cm³/mol. The molecule has 0 saturated carbocycles. The number of aromatic nitrogens is 4. The summed E-state index contributed by atoms with van der Waals surface area (Å²) in [5, 5.41) is 12.3. The van der Waals surface area contributed by atoms with E-state index in [1.54, 1.807) is 4.57 Å². The average Bonchev–Trinajstić information content (AvgIpc) is 3.24. The lowest BCUT2D eigenvalue weighted by atomic mass is 9.97. The molecule has 1 unspecified atom stereocenters. The number of benzene rings is 2. The first kappa shape index (κ1) is 25.0. The van der Waals surface area contributed by atoms with E-state index in [1.165, 1.54) is 30.0 Å². The first-order chi connectivity index (χ1) is 17.7. The van der Waals surface area contributed by atoms with Gasteiger partial charge in [-0.1, -0.05) is 69.7 Å². The number of nitrogens with zero attached hydrogens (tertiary/aromatic N) is 4. The monoisotopic (exact) mass is 500 g/mol. The van der Waals surface area contributed by atoms with Crippen LogP contribution in [-0.4, -0.2) is 25.5 Å². The second-order valence-electron chi connectivity index (χ2n) is 11.2. The molecule has 2 N–H and O–H groups in total. The van der Waals surface area contributed by atoms with Crippen LogP contribution in [0.3, 0.4) is 0 Å². The van der Waals surface area contributed by atoms with Crippen LogP contribution in [0.4, 0.5) is 11.5 Å². The molecule has 2 aromatic carbocycles. The first-order valence-electron chi connectivity index (χ1n) is 13.1. The van der Waals surface area contributed by atoms with E-state index >= 15 is 0 Å². The third-order valence-electron chi connectivity index (χ3n) is 6.92. The van der Waals surface area contributed by atoms with Crippen LogP contribution in [0.2, 0.25) is 0 Å². The highest BCUT2D eigenvalue weighted by Gasteiger charge is 2.24. The molecule has 8 heteroatoms. The van der Waals surface area contributed by atoms with Crippen molar-refractivity contribution in [1.29, 1.82) is 0 Å². The molecule has 1 fully saturated rings. The van der Waals surface area contributed by atoms with Crippen molar-refractivity contribution in [2.24, 2.45) is 12.5 Å². The van der Waals surface area contributed by atoms with Crippen LogP contribution in [0.15, 0.2) is 64.2 Å². The van der Waals surface area contributed by atoms with E-state index in [1.807, 2.05) is 35.0 Å². The average molecular weight is 501 g/mol. The molecule has 0 spiro atoms. The van der Waals surface area contributed by atoms with Gasteiger partial charge in [0.2, 0.25) is 0 Å². The van der Waals surface area contributed by atoms with Gasteiger partial charge in [-0.05, 0) is 48.1 Å². The zero-order chi connectivity index (χ0) is 26.2. The Bertz CT molecular complexity index is 1500. The molecule has 37 heavy (non-hydrogen) atoms. The number of rotatable bonds is 6. The zero-order valence-electron chi connectivity index (χ0n) is 22.1. The highest BCUT2D eigenvalue weighted by molar-refractivity contribution is 5.89. The SMILES string of the molecule is Cn1c(=O)c2c(Nc3ccccc3)n(Cc3ccc(C4CCCCN4)cc3)nc2n(CC(C)(C)C)c1=O. The van der Waals surface area contributed by atoms with Crippen molar-refractivity contribution in [3.8, 4) is 0 Å². The minimum absolute atomic E-state index is 0.173. The van der Waals surface area contributed by atoms with Crippen LogP contribution < -0.4 is 21.9 Å². The van der Waals surface area contributed by atoms with Gasteiger partial charge in [0.05, 0.1) is 6.54 Å². The molecule has 0 bridgehead atoms. The topological polar surface area (TPSA) is 85.9 Å². The van der Waals surface area contributed by atoms with Crippen molar-refractivity contribution in [2.75, 3.05) is 11.9 Å². The van der Waals surface area contributed by atoms with E-state index in [0.717, 1.165) is 24.2 Å². The van der Waals surface area contributed by atoms with Crippen LogP contribution in [0.1, 0.15) is 57.2 Å². The van der Waals surface area contributed by atoms with Gasteiger partial charge in [0.25, 0.3) is 5.56 Å². The van der Waals surface area contributed by atoms with E-state index in [2.05, 4.69) is 55.7 Å². The van der Waals surface area contributed by atoms with Crippen molar-refractivity contribution in [3.63, 3.8) is 0 Å². The van der Waals surface area contributed by atoms with Gasteiger partial charge < -0.3 is 10.6 Å². The van der Waals surface area contributed by atoms with E-state index in [-0.39, 0.29) is 16.7 Å². The Hall–Kier alpha value is -3.65. The van der Waals surface area contributed by atoms with Crippen LogP contribution >= 0.6 is 0 Å². The van der Waals surface area contributed by atoms with Gasteiger partial charge in [-0.25, -0.2) is 9.48 Å². The first-order valence-corrected chi connectivity index (χ1v) is 13.1. The number of anilines is 2. The second kappa shape index (κ2) is 10.0. The van der Waals surface area contributed by atoms with Crippen molar-refractivity contribution >= 4 is 22.5 Å². The number of piperidine rings is 1. The van der Waals surface area contributed by atoms with Crippen LogP contribution in [0.5, 0.6) is 0 Å². The van der Waals surface area contributed by atoms with Gasteiger partial charge in [0.1, 0.15) is 11.2 Å². The Morgan fingerprint density at radius 2 is 1.76 bits per heavy atom. The molecule has 0 radical (unpaired) electrons. The minimum atomic E-state index is -0.354. The molecule has 4 aromatic rings. The Balaban J connectivity index is 1.61. The standard InChI is InChI=1S/C29H36N6O2/c1-29(2,3)19-34-26-24(27(36)33(4)28(34)37)25(31-22-10-6-5-7-11-22)35(32-26)18-20-13-15-21(16-14-20)23-12-8-9-17-30-23/h5-7,10-11,13-16,23,30-31H,8-9,12,17-19H2,1-4H3. The molecule has 0 aliphatic carbocycles. The second-order valence-corrected chi connectivity index (χ2v) is 11.2. The molecule has 1 saturated heterocycles. The lowest BCUT2D eigenvalue weighted by Gasteiger charge is -2.24. The zero-order valence-corrected chi connectivity index (χ0v) is 22.1. The lowest BCUT2D eigenvalue weighted by molar-refractivity contribution is 0.337. The molecule has 5 rings (SSSR count). The smallest absolute Gasteiger partial charge is 0.332 e. The Labute approximate surface area is 216 Å². The summed E-state index contributed by atoms with van der Waals surface area (Å²) >= 11 is 0.